The van der Waals surface area contributed by atoms with Crippen LogP contribution in [0.15, 0.2) is 53.6 Å². The summed E-state index contributed by atoms with van der Waals surface area (Å²) in [6, 6.07) is 9.05. The maximum atomic E-state index is 13.8. The van der Waals surface area contributed by atoms with E-state index in [0.717, 1.165) is 4.88 Å². The fraction of sp³-hybridized carbons (Fsp3) is 0.417. The van der Waals surface area contributed by atoms with Crippen LogP contribution in [0.25, 0.3) is 0 Å². The first kappa shape index (κ1) is 22.2. The highest BCUT2D eigenvalue weighted by atomic mass is 32.1. The normalized spacial score (nSPS) is 22.4. The van der Waals surface area contributed by atoms with Crippen molar-refractivity contribution in [1.82, 2.24) is 20.1 Å². The first-order chi connectivity index (χ1) is 15.5. The molecule has 2 saturated heterocycles. The Morgan fingerprint density at radius 1 is 1.25 bits per heavy atom. The van der Waals surface area contributed by atoms with Crippen LogP contribution in [0.2, 0.25) is 0 Å². The molecule has 32 heavy (non-hydrogen) atoms. The molecule has 168 valence electrons. The number of rotatable bonds is 6. The SMILES string of the molecule is C/C=C(\C)C(=O)N1CCC([C@@]2(c3ccccn3)NC(=O)N(CCc3cccs3)C2=O)CC1. The van der Waals surface area contributed by atoms with Crippen molar-refractivity contribution in [2.75, 3.05) is 19.6 Å². The molecule has 4 heterocycles. The van der Waals surface area contributed by atoms with Crippen molar-refractivity contribution in [3.05, 3.63) is 64.1 Å². The van der Waals surface area contributed by atoms with Gasteiger partial charge in [-0.05, 0) is 56.7 Å². The number of imide groups is 1. The van der Waals surface area contributed by atoms with E-state index in [0.29, 0.717) is 50.2 Å². The molecule has 2 aliphatic rings. The molecule has 0 bridgehead atoms. The Morgan fingerprint density at radius 3 is 2.66 bits per heavy atom. The van der Waals surface area contributed by atoms with Crippen molar-refractivity contribution in [2.24, 2.45) is 5.92 Å². The van der Waals surface area contributed by atoms with Gasteiger partial charge < -0.3 is 10.2 Å². The van der Waals surface area contributed by atoms with E-state index in [1.54, 1.807) is 23.6 Å². The van der Waals surface area contributed by atoms with Crippen molar-refractivity contribution >= 4 is 29.2 Å². The number of carbonyl (C=O) groups is 3. The Kier molecular flexibility index (Phi) is 6.41. The van der Waals surface area contributed by atoms with E-state index in [1.165, 1.54) is 4.90 Å². The third kappa shape index (κ3) is 3.95. The van der Waals surface area contributed by atoms with Crippen molar-refractivity contribution in [1.29, 1.82) is 0 Å². The summed E-state index contributed by atoms with van der Waals surface area (Å²) in [4.78, 5) is 48.1. The number of thiophene rings is 1. The van der Waals surface area contributed by atoms with Crippen LogP contribution in [0, 0.1) is 5.92 Å². The third-order valence-corrected chi connectivity index (χ3v) is 7.46. The average Bonchev–Trinajstić information content (AvgIpc) is 3.44. The molecule has 0 unspecified atom stereocenters. The lowest BCUT2D eigenvalue weighted by atomic mass is 9.75. The van der Waals surface area contributed by atoms with Gasteiger partial charge in [0.25, 0.3) is 5.91 Å². The number of urea groups is 1. The number of amides is 4. The molecule has 0 aromatic carbocycles. The maximum absolute atomic E-state index is 13.8. The summed E-state index contributed by atoms with van der Waals surface area (Å²) in [7, 11) is 0. The second-order valence-corrected chi connectivity index (χ2v) is 9.31. The average molecular weight is 453 g/mol. The smallest absolute Gasteiger partial charge is 0.325 e. The van der Waals surface area contributed by atoms with E-state index in [9.17, 15) is 14.4 Å². The number of nitrogens with zero attached hydrogens (tertiary/aromatic N) is 3. The van der Waals surface area contributed by atoms with Crippen LogP contribution in [0.5, 0.6) is 0 Å². The lowest BCUT2D eigenvalue weighted by Gasteiger charge is -2.40. The summed E-state index contributed by atoms with van der Waals surface area (Å²) in [5.41, 5.74) is 0.0812. The van der Waals surface area contributed by atoms with Gasteiger partial charge in [-0.3, -0.25) is 19.5 Å². The van der Waals surface area contributed by atoms with Crippen LogP contribution in [-0.2, 0) is 21.5 Å². The van der Waals surface area contributed by atoms with Gasteiger partial charge in [-0.2, -0.15) is 0 Å². The van der Waals surface area contributed by atoms with Crippen LogP contribution >= 0.6 is 11.3 Å². The molecule has 2 fully saturated rings. The minimum absolute atomic E-state index is 0.0252. The Bertz CT molecular complexity index is 1010. The number of carbonyl (C=O) groups excluding carboxylic acids is 3. The molecule has 1 N–H and O–H groups in total. The molecule has 2 aromatic heterocycles. The lowest BCUT2D eigenvalue weighted by molar-refractivity contribution is -0.135. The molecule has 4 amide bonds. The molecule has 4 rings (SSSR count). The molecule has 2 aliphatic heterocycles. The lowest BCUT2D eigenvalue weighted by Crippen LogP contribution is -2.54. The van der Waals surface area contributed by atoms with Gasteiger partial charge in [0.1, 0.15) is 0 Å². The van der Waals surface area contributed by atoms with Crippen molar-refractivity contribution < 1.29 is 14.4 Å². The molecule has 0 spiro atoms. The summed E-state index contributed by atoms with van der Waals surface area (Å²) in [6.07, 6.45) is 5.33. The standard InChI is InChI=1S/C24H28N4O3S/c1-3-17(2)21(29)27-13-9-18(10-14-27)24(20-8-4-5-12-25-20)22(30)28(23(31)26-24)15-11-19-7-6-16-32-19/h3-8,12,16,18H,9-11,13-15H2,1-2H3,(H,26,31)/b17-3+/t24-/m0/s1. The topological polar surface area (TPSA) is 82.6 Å². The highest BCUT2D eigenvalue weighted by molar-refractivity contribution is 7.09. The Morgan fingerprint density at radius 2 is 2.03 bits per heavy atom. The van der Waals surface area contributed by atoms with Gasteiger partial charge in [0.15, 0.2) is 5.54 Å². The summed E-state index contributed by atoms with van der Waals surface area (Å²) in [5, 5.41) is 5.01. The third-order valence-electron chi connectivity index (χ3n) is 6.53. The first-order valence-corrected chi connectivity index (χ1v) is 11.9. The number of aromatic nitrogens is 1. The molecular formula is C24H28N4O3S. The largest absolute Gasteiger partial charge is 0.339 e. The molecule has 0 saturated carbocycles. The number of pyridine rings is 1. The fourth-order valence-electron chi connectivity index (χ4n) is 4.62. The summed E-state index contributed by atoms with van der Waals surface area (Å²) in [5.74, 6) is -0.361. The molecule has 8 heteroatoms. The highest BCUT2D eigenvalue weighted by Crippen LogP contribution is 2.40. The minimum atomic E-state index is -1.20. The summed E-state index contributed by atoms with van der Waals surface area (Å²) < 4.78 is 0. The van der Waals surface area contributed by atoms with Gasteiger partial charge in [0.05, 0.1) is 5.69 Å². The number of hydrogen-bond acceptors (Lipinski definition) is 5. The summed E-state index contributed by atoms with van der Waals surface area (Å²) in [6.45, 7) is 5.09. The van der Waals surface area contributed by atoms with E-state index in [-0.39, 0.29) is 23.8 Å². The number of allylic oxidation sites excluding steroid dienone is 1. The molecule has 7 nitrogen and oxygen atoms in total. The molecule has 0 aliphatic carbocycles. The zero-order valence-corrected chi connectivity index (χ0v) is 19.2. The molecular weight excluding hydrogens is 424 g/mol. The number of nitrogens with one attached hydrogen (secondary N) is 1. The minimum Gasteiger partial charge on any atom is -0.339 e. The molecule has 1 atom stereocenters. The molecule has 0 radical (unpaired) electrons. The highest BCUT2D eigenvalue weighted by Gasteiger charge is 2.58. The van der Waals surface area contributed by atoms with E-state index >= 15 is 0 Å². The zero-order valence-electron chi connectivity index (χ0n) is 18.4. The number of hydrogen-bond donors (Lipinski definition) is 1. The summed E-state index contributed by atoms with van der Waals surface area (Å²) >= 11 is 1.62. The van der Waals surface area contributed by atoms with Crippen molar-refractivity contribution in [2.45, 2.75) is 38.6 Å². The maximum Gasteiger partial charge on any atom is 0.325 e. The quantitative estimate of drug-likeness (QED) is 0.538. The second kappa shape index (κ2) is 9.24. The first-order valence-electron chi connectivity index (χ1n) is 11.0. The van der Waals surface area contributed by atoms with Gasteiger partial charge in [0.2, 0.25) is 5.91 Å². The van der Waals surface area contributed by atoms with Gasteiger partial charge in [-0.1, -0.05) is 18.2 Å². The Balaban J connectivity index is 1.58. The van der Waals surface area contributed by atoms with E-state index in [4.69, 9.17) is 0 Å². The van der Waals surface area contributed by atoms with Gasteiger partial charge in [0, 0.05) is 42.2 Å². The van der Waals surface area contributed by atoms with Crippen molar-refractivity contribution in [3.8, 4) is 0 Å². The Hall–Kier alpha value is -3.00. The van der Waals surface area contributed by atoms with E-state index < -0.39 is 5.54 Å². The number of piperidine rings is 1. The van der Waals surface area contributed by atoms with Crippen LogP contribution in [-0.4, -0.2) is 52.3 Å². The van der Waals surface area contributed by atoms with Crippen LogP contribution < -0.4 is 5.32 Å². The van der Waals surface area contributed by atoms with Crippen LogP contribution in [0.4, 0.5) is 4.79 Å². The van der Waals surface area contributed by atoms with Gasteiger partial charge >= 0.3 is 6.03 Å². The van der Waals surface area contributed by atoms with E-state index in [2.05, 4.69) is 10.3 Å². The zero-order chi connectivity index (χ0) is 22.7. The second-order valence-electron chi connectivity index (χ2n) is 8.28. The Labute approximate surface area is 192 Å². The molecule has 2 aromatic rings. The fourth-order valence-corrected chi connectivity index (χ4v) is 5.32. The van der Waals surface area contributed by atoms with Gasteiger partial charge in [-0.15, -0.1) is 11.3 Å². The van der Waals surface area contributed by atoms with Crippen molar-refractivity contribution in [3.63, 3.8) is 0 Å². The van der Waals surface area contributed by atoms with Crippen LogP contribution in [0.1, 0.15) is 37.3 Å². The predicted octanol–water partition coefficient (Wildman–Crippen LogP) is 3.34. The predicted molar refractivity (Wildman–Crippen MR) is 123 cm³/mol. The monoisotopic (exact) mass is 452 g/mol. The van der Waals surface area contributed by atoms with Gasteiger partial charge in [-0.25, -0.2) is 4.79 Å². The van der Waals surface area contributed by atoms with Crippen LogP contribution in [0.3, 0.4) is 0 Å². The van der Waals surface area contributed by atoms with E-state index in [1.807, 2.05) is 54.5 Å². The number of likely N-dealkylation sites (tertiary alicyclic amines) is 1.